The molecule has 0 saturated carbocycles. The molecule has 0 fully saturated rings. The van der Waals surface area contributed by atoms with Gasteiger partial charge in [0.2, 0.25) is 5.28 Å². The molecule has 7 aromatic carbocycles. The third-order valence-electron chi connectivity index (χ3n) is 9.57. The highest BCUT2D eigenvalue weighted by Gasteiger charge is 2.47. The van der Waals surface area contributed by atoms with Gasteiger partial charge in [-0.25, -0.2) is 4.98 Å². The van der Waals surface area contributed by atoms with E-state index in [9.17, 15) is 0 Å². The maximum absolute atomic E-state index is 6.70. The van der Waals surface area contributed by atoms with Crippen LogP contribution in [0.4, 0.5) is 0 Å². The van der Waals surface area contributed by atoms with Gasteiger partial charge in [0, 0.05) is 11.1 Å². The molecule has 0 radical (unpaired) electrons. The van der Waals surface area contributed by atoms with E-state index in [0.29, 0.717) is 11.6 Å². The molecule has 0 bridgehead atoms. The van der Waals surface area contributed by atoms with Crippen LogP contribution < -0.4 is 0 Å². The van der Waals surface area contributed by atoms with Crippen LogP contribution >= 0.6 is 11.6 Å². The quantitative estimate of drug-likeness (QED) is 0.189. The standard InChI is InChI=1S/C44H28ClN3/c45-43-47-41(31-25-22-30(23-26-31)33-27-24-29-12-4-5-13-32(29)28-33)46-42(48-43)37-18-8-11-21-40(37)44(34-14-2-1-3-15-34)38-19-9-6-16-35(38)36-17-7-10-20-39(36)44/h1-28H. The van der Waals surface area contributed by atoms with E-state index in [2.05, 4.69) is 169 Å². The molecule has 48 heavy (non-hydrogen) atoms. The van der Waals surface area contributed by atoms with Crippen molar-refractivity contribution in [2.45, 2.75) is 5.41 Å². The summed E-state index contributed by atoms with van der Waals surface area (Å²) in [6.07, 6.45) is 0. The summed E-state index contributed by atoms with van der Waals surface area (Å²) in [6.45, 7) is 0. The van der Waals surface area contributed by atoms with Crippen molar-refractivity contribution in [2.24, 2.45) is 0 Å². The SMILES string of the molecule is Clc1nc(-c2ccc(-c3ccc4ccccc4c3)cc2)nc(-c2ccccc2C2(c3ccccc3)c3ccccc3-c3ccccc32)n1. The third-order valence-corrected chi connectivity index (χ3v) is 9.73. The molecule has 0 amide bonds. The van der Waals surface area contributed by atoms with Crippen LogP contribution in [0.3, 0.4) is 0 Å². The highest BCUT2D eigenvalue weighted by atomic mass is 35.5. The average Bonchev–Trinajstić information content (AvgIpc) is 3.46. The van der Waals surface area contributed by atoms with Crippen LogP contribution in [0.25, 0.3) is 55.8 Å². The van der Waals surface area contributed by atoms with Gasteiger partial charge in [0.15, 0.2) is 11.6 Å². The van der Waals surface area contributed by atoms with Gasteiger partial charge in [0.25, 0.3) is 0 Å². The largest absolute Gasteiger partial charge is 0.226 e. The van der Waals surface area contributed by atoms with E-state index in [1.165, 1.54) is 38.6 Å². The summed E-state index contributed by atoms with van der Waals surface area (Å²) in [5, 5.41) is 2.60. The van der Waals surface area contributed by atoms with Gasteiger partial charge in [0.05, 0.1) is 5.41 Å². The summed E-state index contributed by atoms with van der Waals surface area (Å²) in [7, 11) is 0. The highest BCUT2D eigenvalue weighted by Crippen LogP contribution is 2.57. The second-order valence-electron chi connectivity index (χ2n) is 12.1. The highest BCUT2D eigenvalue weighted by molar-refractivity contribution is 6.28. The van der Waals surface area contributed by atoms with E-state index < -0.39 is 5.41 Å². The molecule has 0 unspecified atom stereocenters. The molecular weight excluding hydrogens is 606 g/mol. The number of rotatable bonds is 5. The molecule has 0 N–H and O–H groups in total. The van der Waals surface area contributed by atoms with E-state index in [0.717, 1.165) is 27.8 Å². The molecule has 4 heteroatoms. The Morgan fingerprint density at radius 2 is 0.875 bits per heavy atom. The summed E-state index contributed by atoms with van der Waals surface area (Å²) >= 11 is 6.70. The van der Waals surface area contributed by atoms with Gasteiger partial charge in [-0.15, -0.1) is 0 Å². The average molecular weight is 634 g/mol. The monoisotopic (exact) mass is 633 g/mol. The number of hydrogen-bond donors (Lipinski definition) is 0. The van der Waals surface area contributed by atoms with Crippen LogP contribution in [-0.4, -0.2) is 15.0 Å². The Bertz CT molecular complexity index is 2420. The van der Waals surface area contributed by atoms with Crippen molar-refractivity contribution in [2.75, 3.05) is 0 Å². The number of halogens is 1. The predicted molar refractivity (Wildman–Crippen MR) is 196 cm³/mol. The molecule has 1 aliphatic carbocycles. The third kappa shape index (κ3) is 4.47. The van der Waals surface area contributed by atoms with Crippen molar-refractivity contribution in [1.29, 1.82) is 0 Å². The number of aromatic nitrogens is 3. The molecule has 3 nitrogen and oxygen atoms in total. The van der Waals surface area contributed by atoms with E-state index in [1.54, 1.807) is 0 Å². The Balaban J connectivity index is 1.20. The first-order valence-corrected chi connectivity index (χ1v) is 16.4. The lowest BCUT2D eigenvalue weighted by atomic mass is 9.66. The van der Waals surface area contributed by atoms with Crippen LogP contribution in [0.2, 0.25) is 5.28 Å². The number of benzene rings is 7. The van der Waals surface area contributed by atoms with Crippen LogP contribution in [0.1, 0.15) is 22.3 Å². The van der Waals surface area contributed by atoms with Crippen molar-refractivity contribution in [3.8, 4) is 45.0 Å². The van der Waals surface area contributed by atoms with Gasteiger partial charge in [-0.05, 0) is 72.9 Å². The molecule has 8 aromatic rings. The Kier molecular flexibility index (Phi) is 6.74. The Labute approximate surface area is 284 Å². The second kappa shape index (κ2) is 11.4. The van der Waals surface area contributed by atoms with Gasteiger partial charge in [-0.2, -0.15) is 9.97 Å². The fraction of sp³-hybridized carbons (Fsp3) is 0.0227. The molecular formula is C44H28ClN3. The minimum absolute atomic E-state index is 0.157. The van der Waals surface area contributed by atoms with E-state index in [4.69, 9.17) is 21.6 Å². The molecule has 226 valence electrons. The Morgan fingerprint density at radius 3 is 1.56 bits per heavy atom. The van der Waals surface area contributed by atoms with Gasteiger partial charge in [-0.1, -0.05) is 164 Å². The minimum atomic E-state index is -0.591. The first-order chi connectivity index (χ1) is 23.7. The Morgan fingerprint density at radius 1 is 0.375 bits per heavy atom. The molecule has 1 aromatic heterocycles. The van der Waals surface area contributed by atoms with Gasteiger partial charge in [0.1, 0.15) is 0 Å². The fourth-order valence-electron chi connectivity index (χ4n) is 7.47. The van der Waals surface area contributed by atoms with E-state index in [-0.39, 0.29) is 5.28 Å². The first kappa shape index (κ1) is 28.3. The molecule has 0 saturated heterocycles. The van der Waals surface area contributed by atoms with Gasteiger partial charge >= 0.3 is 0 Å². The number of fused-ring (bicyclic) bond motifs is 4. The summed E-state index contributed by atoms with van der Waals surface area (Å²) in [5.41, 5.74) is 10.7. The zero-order valence-corrected chi connectivity index (χ0v) is 26.6. The lowest BCUT2D eigenvalue weighted by Crippen LogP contribution is -2.29. The van der Waals surface area contributed by atoms with E-state index in [1.807, 2.05) is 6.07 Å². The summed E-state index contributed by atoms with van der Waals surface area (Å²) in [6, 6.07) is 59.9. The van der Waals surface area contributed by atoms with Crippen LogP contribution in [0, 0.1) is 0 Å². The van der Waals surface area contributed by atoms with Crippen molar-refractivity contribution in [3.05, 3.63) is 197 Å². The fourth-order valence-corrected chi connectivity index (χ4v) is 7.63. The van der Waals surface area contributed by atoms with Crippen molar-refractivity contribution in [3.63, 3.8) is 0 Å². The van der Waals surface area contributed by atoms with Crippen LogP contribution in [0.15, 0.2) is 170 Å². The summed E-state index contributed by atoms with van der Waals surface area (Å²) < 4.78 is 0. The zero-order chi connectivity index (χ0) is 32.1. The lowest BCUT2D eigenvalue weighted by Gasteiger charge is -2.35. The van der Waals surface area contributed by atoms with E-state index >= 15 is 0 Å². The molecule has 0 spiro atoms. The Hall–Kier alpha value is -5.90. The summed E-state index contributed by atoms with van der Waals surface area (Å²) in [5.74, 6) is 1.07. The molecule has 0 aliphatic heterocycles. The van der Waals surface area contributed by atoms with Gasteiger partial charge < -0.3 is 0 Å². The maximum atomic E-state index is 6.70. The van der Waals surface area contributed by atoms with Crippen LogP contribution in [0.5, 0.6) is 0 Å². The maximum Gasteiger partial charge on any atom is 0.226 e. The molecule has 0 atom stereocenters. The van der Waals surface area contributed by atoms with Crippen molar-refractivity contribution < 1.29 is 0 Å². The van der Waals surface area contributed by atoms with Crippen molar-refractivity contribution >= 4 is 22.4 Å². The predicted octanol–water partition coefficient (Wildman–Crippen LogP) is 11.0. The zero-order valence-electron chi connectivity index (χ0n) is 25.9. The van der Waals surface area contributed by atoms with Gasteiger partial charge in [-0.3, -0.25) is 0 Å². The summed E-state index contributed by atoms with van der Waals surface area (Å²) in [4.78, 5) is 14.4. The topological polar surface area (TPSA) is 38.7 Å². The normalized spacial score (nSPS) is 12.9. The number of nitrogens with zero attached hydrogens (tertiary/aromatic N) is 3. The second-order valence-corrected chi connectivity index (χ2v) is 12.5. The smallest absolute Gasteiger partial charge is 0.208 e. The van der Waals surface area contributed by atoms with Crippen molar-refractivity contribution in [1.82, 2.24) is 15.0 Å². The molecule has 9 rings (SSSR count). The minimum Gasteiger partial charge on any atom is -0.208 e. The van der Waals surface area contributed by atoms with Crippen LogP contribution in [-0.2, 0) is 5.41 Å². The first-order valence-electron chi connectivity index (χ1n) is 16.1. The lowest BCUT2D eigenvalue weighted by molar-refractivity contribution is 0.769. The number of hydrogen-bond acceptors (Lipinski definition) is 3. The molecule has 1 heterocycles. The molecule has 1 aliphatic rings.